The Morgan fingerprint density at radius 2 is 1.88 bits per heavy atom. The summed E-state index contributed by atoms with van der Waals surface area (Å²) in [6.07, 6.45) is 5.19. The third-order valence-electron chi connectivity index (χ3n) is 7.30. The molecule has 3 heterocycles. The molecular formula is C25H27N3O4. The van der Waals surface area contributed by atoms with Gasteiger partial charge in [0.1, 0.15) is 0 Å². The molecule has 1 saturated carbocycles. The van der Waals surface area contributed by atoms with Crippen molar-refractivity contribution in [1.82, 2.24) is 15.0 Å². The molecule has 166 valence electrons. The Morgan fingerprint density at radius 1 is 1.03 bits per heavy atom. The largest absolute Gasteiger partial charge is 0.454 e. The van der Waals surface area contributed by atoms with Crippen molar-refractivity contribution in [2.75, 3.05) is 13.3 Å². The molecule has 2 fully saturated rings. The lowest BCUT2D eigenvalue weighted by Gasteiger charge is -2.52. The lowest BCUT2D eigenvalue weighted by atomic mass is 9.66. The van der Waals surface area contributed by atoms with Gasteiger partial charge >= 0.3 is 0 Å². The van der Waals surface area contributed by atoms with E-state index in [2.05, 4.69) is 27.2 Å². The predicted molar refractivity (Wildman–Crippen MR) is 117 cm³/mol. The fraction of sp³-hybridized carbons (Fsp3) is 0.440. The van der Waals surface area contributed by atoms with Crippen molar-refractivity contribution in [2.24, 2.45) is 5.92 Å². The summed E-state index contributed by atoms with van der Waals surface area (Å²) in [5.74, 6) is 2.81. The van der Waals surface area contributed by atoms with E-state index >= 15 is 0 Å². The molecule has 1 aromatic heterocycles. The molecule has 7 heteroatoms. The first-order valence-corrected chi connectivity index (χ1v) is 11.5. The molecule has 6 rings (SSSR count). The number of aliphatic hydroxyl groups is 1. The summed E-state index contributed by atoms with van der Waals surface area (Å²) in [5.41, 5.74) is 1.12. The van der Waals surface area contributed by atoms with Crippen LogP contribution in [-0.4, -0.2) is 39.5 Å². The van der Waals surface area contributed by atoms with Gasteiger partial charge in [-0.05, 0) is 43.0 Å². The zero-order valence-electron chi connectivity index (χ0n) is 17.9. The van der Waals surface area contributed by atoms with E-state index in [1.54, 1.807) is 0 Å². The number of aromatic nitrogens is 2. The average Bonchev–Trinajstić information content (AvgIpc) is 3.51. The van der Waals surface area contributed by atoms with Gasteiger partial charge in [0, 0.05) is 24.1 Å². The van der Waals surface area contributed by atoms with E-state index in [1.165, 1.54) is 12.8 Å². The standard InChI is InChI=1S/C25H27N3O4/c29-25(18-6-2-1-3-7-18)12-13-28(20-9-5-4-8-19(20)25)15-23-26-24(27-32-23)17-10-11-21-22(14-17)31-16-30-21/h1-3,6-7,10-11,14,19-20,29H,4-5,8-9,12-13,15-16H2/t19-,20+,25+/m0/s1. The van der Waals surface area contributed by atoms with Crippen LogP contribution in [0.4, 0.5) is 0 Å². The van der Waals surface area contributed by atoms with Crippen molar-refractivity contribution in [2.45, 2.75) is 50.3 Å². The van der Waals surface area contributed by atoms with Gasteiger partial charge in [0.25, 0.3) is 0 Å². The number of nitrogens with zero attached hydrogens (tertiary/aromatic N) is 3. The number of rotatable bonds is 4. The third-order valence-corrected chi connectivity index (χ3v) is 7.30. The highest BCUT2D eigenvalue weighted by Gasteiger charge is 2.49. The molecule has 2 aliphatic heterocycles. The summed E-state index contributed by atoms with van der Waals surface area (Å²) < 4.78 is 16.5. The quantitative estimate of drug-likeness (QED) is 0.663. The molecule has 3 aromatic rings. The summed E-state index contributed by atoms with van der Waals surface area (Å²) in [7, 11) is 0. The molecule has 32 heavy (non-hydrogen) atoms. The summed E-state index contributed by atoms with van der Waals surface area (Å²) in [6.45, 7) is 1.64. The Morgan fingerprint density at radius 3 is 2.78 bits per heavy atom. The Labute approximate surface area is 187 Å². The van der Waals surface area contributed by atoms with Crippen LogP contribution in [0.1, 0.15) is 43.6 Å². The number of hydrogen-bond donors (Lipinski definition) is 1. The first-order valence-electron chi connectivity index (χ1n) is 11.5. The van der Waals surface area contributed by atoms with E-state index in [0.717, 1.165) is 36.3 Å². The second-order valence-corrected chi connectivity index (χ2v) is 9.05. The third kappa shape index (κ3) is 3.36. The highest BCUT2D eigenvalue weighted by atomic mass is 16.7. The molecular weight excluding hydrogens is 406 g/mol. The molecule has 2 aromatic carbocycles. The van der Waals surface area contributed by atoms with E-state index in [1.807, 2.05) is 36.4 Å². The Balaban J connectivity index is 1.22. The van der Waals surface area contributed by atoms with E-state index in [4.69, 9.17) is 14.0 Å². The van der Waals surface area contributed by atoms with Crippen LogP contribution in [0.2, 0.25) is 0 Å². The van der Waals surface area contributed by atoms with Gasteiger partial charge in [-0.3, -0.25) is 4.90 Å². The maximum atomic E-state index is 11.8. The van der Waals surface area contributed by atoms with Gasteiger partial charge in [-0.1, -0.05) is 48.3 Å². The number of likely N-dealkylation sites (tertiary alicyclic amines) is 1. The topological polar surface area (TPSA) is 80.9 Å². The minimum atomic E-state index is -0.769. The fourth-order valence-electron chi connectivity index (χ4n) is 5.70. The van der Waals surface area contributed by atoms with Crippen LogP contribution in [-0.2, 0) is 12.1 Å². The van der Waals surface area contributed by atoms with Crippen LogP contribution in [0.3, 0.4) is 0 Å². The molecule has 1 N–H and O–H groups in total. The van der Waals surface area contributed by atoms with Crippen LogP contribution in [0.25, 0.3) is 11.4 Å². The number of hydrogen-bond acceptors (Lipinski definition) is 7. The zero-order chi connectivity index (χ0) is 21.5. The lowest BCUT2D eigenvalue weighted by molar-refractivity contribution is -0.124. The van der Waals surface area contributed by atoms with E-state index < -0.39 is 5.60 Å². The Kier molecular flexibility index (Phi) is 4.88. The normalized spacial score (nSPS) is 27.3. The summed E-state index contributed by atoms with van der Waals surface area (Å²) in [5, 5.41) is 16.0. The molecule has 0 unspecified atom stereocenters. The van der Waals surface area contributed by atoms with Crippen LogP contribution in [0.5, 0.6) is 11.5 Å². The smallest absolute Gasteiger partial charge is 0.241 e. The van der Waals surface area contributed by atoms with Gasteiger partial charge in [0.2, 0.25) is 18.5 Å². The van der Waals surface area contributed by atoms with Gasteiger partial charge in [-0.15, -0.1) is 0 Å². The molecule has 3 aliphatic rings. The van der Waals surface area contributed by atoms with Gasteiger partial charge in [0.05, 0.1) is 12.1 Å². The average molecular weight is 434 g/mol. The molecule has 0 amide bonds. The second kappa shape index (κ2) is 7.90. The Hall–Kier alpha value is -2.90. The molecule has 0 spiro atoms. The van der Waals surface area contributed by atoms with E-state index in [9.17, 15) is 5.11 Å². The SMILES string of the molecule is O[C@@]1(c2ccccc2)CCN(Cc2nc(-c3ccc4c(c3)OCO4)no2)[C@@H]2CCCC[C@@H]21. The maximum Gasteiger partial charge on any atom is 0.241 e. The van der Waals surface area contributed by atoms with Gasteiger partial charge < -0.3 is 19.1 Å². The molecule has 0 bridgehead atoms. The van der Waals surface area contributed by atoms with Crippen molar-refractivity contribution in [3.8, 4) is 22.9 Å². The summed E-state index contributed by atoms with van der Waals surface area (Å²) in [6, 6.07) is 16.2. The molecule has 3 atom stereocenters. The van der Waals surface area contributed by atoms with Crippen LogP contribution in [0, 0.1) is 5.92 Å². The first-order chi connectivity index (χ1) is 15.7. The summed E-state index contributed by atoms with van der Waals surface area (Å²) in [4.78, 5) is 7.08. The van der Waals surface area contributed by atoms with Crippen molar-refractivity contribution in [3.63, 3.8) is 0 Å². The molecule has 1 aliphatic carbocycles. The van der Waals surface area contributed by atoms with Crippen LogP contribution < -0.4 is 9.47 Å². The van der Waals surface area contributed by atoms with Gasteiger partial charge in [-0.25, -0.2) is 0 Å². The van der Waals surface area contributed by atoms with Crippen LogP contribution >= 0.6 is 0 Å². The monoisotopic (exact) mass is 433 g/mol. The minimum absolute atomic E-state index is 0.212. The lowest BCUT2D eigenvalue weighted by Crippen LogP contribution is -2.57. The highest BCUT2D eigenvalue weighted by Crippen LogP contribution is 2.47. The van der Waals surface area contributed by atoms with Gasteiger partial charge in [0.15, 0.2) is 11.5 Å². The van der Waals surface area contributed by atoms with Crippen molar-refractivity contribution in [1.29, 1.82) is 0 Å². The molecule has 0 radical (unpaired) electrons. The predicted octanol–water partition coefficient (Wildman–Crippen LogP) is 4.12. The van der Waals surface area contributed by atoms with Crippen molar-refractivity contribution >= 4 is 0 Å². The van der Waals surface area contributed by atoms with Crippen molar-refractivity contribution in [3.05, 3.63) is 60.0 Å². The molecule has 1 saturated heterocycles. The number of fused-ring (bicyclic) bond motifs is 2. The number of piperidine rings is 1. The zero-order valence-corrected chi connectivity index (χ0v) is 17.9. The Bertz CT molecular complexity index is 1100. The highest BCUT2D eigenvalue weighted by molar-refractivity contribution is 5.61. The maximum absolute atomic E-state index is 11.8. The molecule has 7 nitrogen and oxygen atoms in total. The fourth-order valence-corrected chi connectivity index (χ4v) is 5.70. The van der Waals surface area contributed by atoms with E-state index in [0.29, 0.717) is 36.5 Å². The minimum Gasteiger partial charge on any atom is -0.454 e. The summed E-state index contributed by atoms with van der Waals surface area (Å²) >= 11 is 0. The first kappa shape index (κ1) is 19.8. The second-order valence-electron chi connectivity index (χ2n) is 9.05. The van der Waals surface area contributed by atoms with E-state index in [-0.39, 0.29) is 12.7 Å². The number of ether oxygens (including phenoxy) is 2. The number of benzene rings is 2. The van der Waals surface area contributed by atoms with Crippen LogP contribution in [0.15, 0.2) is 53.1 Å². The van der Waals surface area contributed by atoms with Gasteiger partial charge in [-0.2, -0.15) is 4.98 Å². The van der Waals surface area contributed by atoms with Crippen molar-refractivity contribution < 1.29 is 19.1 Å².